The number of hydrogen-bond acceptors (Lipinski definition) is 2. The Morgan fingerprint density at radius 1 is 1.33 bits per heavy atom. The summed E-state index contributed by atoms with van der Waals surface area (Å²) >= 11 is 3.55. The highest BCUT2D eigenvalue weighted by Gasteiger charge is 2.15. The van der Waals surface area contributed by atoms with Crippen LogP contribution in [0.1, 0.15) is 18.4 Å². The first-order valence-corrected chi connectivity index (χ1v) is 6.28. The van der Waals surface area contributed by atoms with Crippen LogP contribution in [0.3, 0.4) is 0 Å². The third-order valence-electron chi connectivity index (χ3n) is 2.86. The predicted octanol–water partition coefficient (Wildman–Crippen LogP) is 2.77. The standard InChI is InChI=1S/C12H17BrN2/c1-14-9-10-4-5-11(13)8-12(10)15-6-2-3-7-15/h4-5,8,14H,2-3,6-7,9H2,1H3. The van der Waals surface area contributed by atoms with Crippen LogP contribution in [-0.4, -0.2) is 20.1 Å². The summed E-state index contributed by atoms with van der Waals surface area (Å²) < 4.78 is 1.17. The zero-order valence-electron chi connectivity index (χ0n) is 9.09. The highest BCUT2D eigenvalue weighted by molar-refractivity contribution is 9.10. The maximum absolute atomic E-state index is 3.55. The minimum atomic E-state index is 0.944. The van der Waals surface area contributed by atoms with E-state index in [0.29, 0.717) is 0 Å². The summed E-state index contributed by atoms with van der Waals surface area (Å²) in [5.74, 6) is 0. The van der Waals surface area contributed by atoms with Crippen molar-refractivity contribution in [3.63, 3.8) is 0 Å². The lowest BCUT2D eigenvalue weighted by molar-refractivity contribution is 0.808. The van der Waals surface area contributed by atoms with E-state index in [4.69, 9.17) is 0 Å². The van der Waals surface area contributed by atoms with Crippen LogP contribution in [0.15, 0.2) is 22.7 Å². The summed E-state index contributed by atoms with van der Waals surface area (Å²) in [4.78, 5) is 2.48. The van der Waals surface area contributed by atoms with Gasteiger partial charge in [-0.1, -0.05) is 22.0 Å². The van der Waals surface area contributed by atoms with Crippen LogP contribution in [0, 0.1) is 0 Å². The lowest BCUT2D eigenvalue weighted by atomic mass is 10.1. The number of rotatable bonds is 3. The molecule has 2 nitrogen and oxygen atoms in total. The lowest BCUT2D eigenvalue weighted by Gasteiger charge is -2.21. The van der Waals surface area contributed by atoms with Gasteiger partial charge < -0.3 is 10.2 Å². The zero-order valence-corrected chi connectivity index (χ0v) is 10.7. The molecule has 1 fully saturated rings. The number of hydrogen-bond donors (Lipinski definition) is 1. The van der Waals surface area contributed by atoms with E-state index in [2.05, 4.69) is 44.3 Å². The van der Waals surface area contributed by atoms with Crippen molar-refractivity contribution in [1.29, 1.82) is 0 Å². The summed E-state index contributed by atoms with van der Waals surface area (Å²) in [6.45, 7) is 3.35. The molecule has 0 atom stereocenters. The molecule has 1 N–H and O–H groups in total. The Balaban J connectivity index is 2.28. The van der Waals surface area contributed by atoms with Crippen molar-refractivity contribution in [3.8, 4) is 0 Å². The third kappa shape index (κ3) is 2.52. The Bertz CT molecular complexity index is 332. The van der Waals surface area contributed by atoms with Gasteiger partial charge in [-0.25, -0.2) is 0 Å². The van der Waals surface area contributed by atoms with Crippen molar-refractivity contribution in [2.75, 3.05) is 25.0 Å². The molecule has 15 heavy (non-hydrogen) atoms. The normalized spacial score (nSPS) is 16.0. The first-order chi connectivity index (χ1) is 7.31. The van der Waals surface area contributed by atoms with E-state index in [1.807, 2.05) is 7.05 Å². The number of halogens is 1. The van der Waals surface area contributed by atoms with Gasteiger partial charge in [0.2, 0.25) is 0 Å². The molecular formula is C12H17BrN2. The number of benzene rings is 1. The maximum atomic E-state index is 3.55. The Labute approximate surface area is 99.8 Å². The quantitative estimate of drug-likeness (QED) is 0.907. The highest BCUT2D eigenvalue weighted by Crippen LogP contribution is 2.27. The van der Waals surface area contributed by atoms with Crippen LogP contribution in [0.25, 0.3) is 0 Å². The van der Waals surface area contributed by atoms with Crippen LogP contribution in [0.4, 0.5) is 5.69 Å². The smallest absolute Gasteiger partial charge is 0.0423 e. The molecule has 0 bridgehead atoms. The Hall–Kier alpha value is -0.540. The molecule has 0 saturated carbocycles. The Morgan fingerprint density at radius 2 is 2.07 bits per heavy atom. The van der Waals surface area contributed by atoms with E-state index in [-0.39, 0.29) is 0 Å². The molecular weight excluding hydrogens is 252 g/mol. The van der Waals surface area contributed by atoms with Gasteiger partial charge in [-0.3, -0.25) is 0 Å². The summed E-state index contributed by atoms with van der Waals surface area (Å²) in [7, 11) is 2.00. The SMILES string of the molecule is CNCc1ccc(Br)cc1N1CCCC1. The van der Waals surface area contributed by atoms with Crippen LogP contribution < -0.4 is 10.2 Å². The first kappa shape index (κ1) is 11.0. The second kappa shape index (κ2) is 4.99. The average Bonchev–Trinajstić information content (AvgIpc) is 2.74. The van der Waals surface area contributed by atoms with Gasteiger partial charge in [0, 0.05) is 29.8 Å². The molecule has 0 radical (unpaired) electrons. The Morgan fingerprint density at radius 3 is 2.73 bits per heavy atom. The van der Waals surface area contributed by atoms with E-state index in [0.717, 1.165) is 6.54 Å². The molecule has 1 aliphatic rings. The molecule has 0 unspecified atom stereocenters. The van der Waals surface area contributed by atoms with Crippen molar-refractivity contribution in [2.24, 2.45) is 0 Å². The van der Waals surface area contributed by atoms with E-state index < -0.39 is 0 Å². The second-order valence-electron chi connectivity index (χ2n) is 4.00. The molecule has 0 aromatic heterocycles. The van der Waals surface area contributed by atoms with Gasteiger partial charge in [0.1, 0.15) is 0 Å². The minimum absolute atomic E-state index is 0.944. The zero-order chi connectivity index (χ0) is 10.7. The number of anilines is 1. The van der Waals surface area contributed by atoms with Gasteiger partial charge in [0.05, 0.1) is 0 Å². The molecule has 1 aromatic rings. The second-order valence-corrected chi connectivity index (χ2v) is 4.91. The van der Waals surface area contributed by atoms with E-state index >= 15 is 0 Å². The van der Waals surface area contributed by atoms with Crippen molar-refractivity contribution in [1.82, 2.24) is 5.32 Å². The van der Waals surface area contributed by atoms with Crippen molar-refractivity contribution in [2.45, 2.75) is 19.4 Å². The Kier molecular flexibility index (Phi) is 3.65. The number of nitrogens with zero attached hydrogens (tertiary/aromatic N) is 1. The fourth-order valence-corrected chi connectivity index (χ4v) is 2.48. The molecule has 1 saturated heterocycles. The summed E-state index contributed by atoms with van der Waals surface area (Å²) in [6.07, 6.45) is 2.65. The monoisotopic (exact) mass is 268 g/mol. The summed E-state index contributed by atoms with van der Waals surface area (Å²) in [5, 5.41) is 3.23. The molecule has 0 aliphatic carbocycles. The van der Waals surface area contributed by atoms with Crippen molar-refractivity contribution < 1.29 is 0 Å². The van der Waals surface area contributed by atoms with E-state index in [1.165, 1.54) is 41.7 Å². The topological polar surface area (TPSA) is 15.3 Å². The van der Waals surface area contributed by atoms with Crippen LogP contribution in [-0.2, 0) is 6.54 Å². The van der Waals surface area contributed by atoms with E-state index in [1.54, 1.807) is 0 Å². The van der Waals surface area contributed by atoms with Crippen LogP contribution in [0.5, 0.6) is 0 Å². The summed E-state index contributed by atoms with van der Waals surface area (Å²) in [6, 6.07) is 6.55. The van der Waals surface area contributed by atoms with Crippen molar-refractivity contribution in [3.05, 3.63) is 28.2 Å². The molecule has 82 valence electrons. The van der Waals surface area contributed by atoms with E-state index in [9.17, 15) is 0 Å². The number of nitrogens with one attached hydrogen (secondary N) is 1. The molecule has 1 aliphatic heterocycles. The van der Waals surface area contributed by atoms with Gasteiger partial charge >= 0.3 is 0 Å². The van der Waals surface area contributed by atoms with Gasteiger partial charge in [-0.15, -0.1) is 0 Å². The minimum Gasteiger partial charge on any atom is -0.371 e. The van der Waals surface area contributed by atoms with Crippen LogP contribution in [0.2, 0.25) is 0 Å². The maximum Gasteiger partial charge on any atom is 0.0423 e. The van der Waals surface area contributed by atoms with Gasteiger partial charge in [-0.05, 0) is 37.6 Å². The highest BCUT2D eigenvalue weighted by atomic mass is 79.9. The summed E-state index contributed by atoms with van der Waals surface area (Å²) in [5.41, 5.74) is 2.78. The molecule has 2 rings (SSSR count). The molecule has 0 spiro atoms. The molecule has 3 heteroatoms. The fourth-order valence-electron chi connectivity index (χ4n) is 2.13. The molecule has 1 heterocycles. The van der Waals surface area contributed by atoms with Crippen molar-refractivity contribution >= 4 is 21.6 Å². The fraction of sp³-hybridized carbons (Fsp3) is 0.500. The largest absolute Gasteiger partial charge is 0.371 e. The average molecular weight is 269 g/mol. The van der Waals surface area contributed by atoms with Gasteiger partial charge in [0.25, 0.3) is 0 Å². The third-order valence-corrected chi connectivity index (χ3v) is 3.35. The molecule has 0 amide bonds. The van der Waals surface area contributed by atoms with Crippen LogP contribution >= 0.6 is 15.9 Å². The van der Waals surface area contributed by atoms with Gasteiger partial charge in [-0.2, -0.15) is 0 Å². The lowest BCUT2D eigenvalue weighted by Crippen LogP contribution is -2.20. The predicted molar refractivity (Wildman–Crippen MR) is 68.4 cm³/mol. The first-order valence-electron chi connectivity index (χ1n) is 5.49. The van der Waals surface area contributed by atoms with Gasteiger partial charge in [0.15, 0.2) is 0 Å². The molecule has 1 aromatic carbocycles.